The number of nitrogens with one attached hydrogen (secondary N) is 1. The molecule has 0 radical (unpaired) electrons. The Hall–Kier alpha value is -0.810. The van der Waals surface area contributed by atoms with Crippen LogP contribution in [0.4, 0.5) is 4.79 Å². The average Bonchev–Trinajstić information content (AvgIpc) is 2.30. The lowest BCUT2D eigenvalue weighted by molar-refractivity contribution is 0.152. The molecule has 1 saturated heterocycles. The molecule has 5 heteroatoms. The molecule has 0 bridgehead atoms. The number of carbonyl (C=O) groups is 1. The zero-order chi connectivity index (χ0) is 12.7. The highest BCUT2D eigenvalue weighted by Gasteiger charge is 2.12. The van der Waals surface area contributed by atoms with Gasteiger partial charge in [0.15, 0.2) is 0 Å². The van der Waals surface area contributed by atoms with Crippen molar-refractivity contribution < 1.29 is 4.79 Å². The van der Waals surface area contributed by atoms with Crippen LogP contribution in [0.2, 0.25) is 0 Å². The SMILES string of the molecule is CN1CCN(CCCCNC(=O)N(C)C)CC1. The summed E-state index contributed by atoms with van der Waals surface area (Å²) < 4.78 is 0. The smallest absolute Gasteiger partial charge is 0.316 e. The molecule has 100 valence electrons. The van der Waals surface area contributed by atoms with Gasteiger partial charge in [0.2, 0.25) is 0 Å². The van der Waals surface area contributed by atoms with E-state index >= 15 is 0 Å². The number of piperazine rings is 1. The summed E-state index contributed by atoms with van der Waals surface area (Å²) in [5, 5.41) is 2.89. The van der Waals surface area contributed by atoms with Gasteiger partial charge in [0, 0.05) is 46.8 Å². The lowest BCUT2D eigenvalue weighted by Crippen LogP contribution is -2.44. The van der Waals surface area contributed by atoms with Crippen molar-refractivity contribution in [1.29, 1.82) is 0 Å². The van der Waals surface area contributed by atoms with Crippen LogP contribution >= 0.6 is 0 Å². The Balaban J connectivity index is 1.96. The average molecular weight is 242 g/mol. The maximum atomic E-state index is 11.2. The van der Waals surface area contributed by atoms with Gasteiger partial charge in [0.25, 0.3) is 0 Å². The third-order valence-electron chi connectivity index (χ3n) is 3.18. The van der Waals surface area contributed by atoms with Crippen molar-refractivity contribution in [3.8, 4) is 0 Å². The van der Waals surface area contributed by atoms with Gasteiger partial charge in [0.1, 0.15) is 0 Å². The standard InChI is InChI=1S/C12H26N4O/c1-14(2)12(17)13-6-4-5-7-16-10-8-15(3)9-11-16/h4-11H2,1-3H3,(H,13,17). The number of unbranched alkanes of at least 4 members (excludes halogenated alkanes) is 1. The van der Waals surface area contributed by atoms with Crippen molar-refractivity contribution in [2.75, 3.05) is 60.4 Å². The zero-order valence-electron chi connectivity index (χ0n) is 11.4. The summed E-state index contributed by atoms with van der Waals surface area (Å²) in [4.78, 5) is 17.7. The first kappa shape index (κ1) is 14.3. The highest BCUT2D eigenvalue weighted by Crippen LogP contribution is 2.01. The molecule has 0 aromatic carbocycles. The molecule has 0 aliphatic carbocycles. The number of amides is 2. The van der Waals surface area contributed by atoms with Gasteiger partial charge in [0.05, 0.1) is 0 Å². The molecule has 1 heterocycles. The topological polar surface area (TPSA) is 38.8 Å². The summed E-state index contributed by atoms with van der Waals surface area (Å²) >= 11 is 0. The number of urea groups is 1. The lowest BCUT2D eigenvalue weighted by atomic mass is 10.2. The minimum Gasteiger partial charge on any atom is -0.338 e. The third kappa shape index (κ3) is 5.89. The molecule has 0 saturated carbocycles. The fourth-order valence-corrected chi connectivity index (χ4v) is 1.89. The van der Waals surface area contributed by atoms with Crippen molar-refractivity contribution in [3.05, 3.63) is 0 Å². The number of hydrogen-bond donors (Lipinski definition) is 1. The summed E-state index contributed by atoms with van der Waals surface area (Å²) in [6, 6.07) is 0.00426. The van der Waals surface area contributed by atoms with Crippen molar-refractivity contribution in [3.63, 3.8) is 0 Å². The molecule has 0 spiro atoms. The van der Waals surface area contributed by atoms with Gasteiger partial charge < -0.3 is 20.0 Å². The highest BCUT2D eigenvalue weighted by molar-refractivity contribution is 5.73. The van der Waals surface area contributed by atoms with E-state index in [9.17, 15) is 4.79 Å². The summed E-state index contributed by atoms with van der Waals surface area (Å²) in [5.74, 6) is 0. The second-order valence-corrected chi connectivity index (χ2v) is 4.98. The fourth-order valence-electron chi connectivity index (χ4n) is 1.89. The van der Waals surface area contributed by atoms with E-state index in [1.54, 1.807) is 19.0 Å². The summed E-state index contributed by atoms with van der Waals surface area (Å²) in [6.45, 7) is 6.66. The van der Waals surface area contributed by atoms with Crippen LogP contribution in [0.5, 0.6) is 0 Å². The first-order chi connectivity index (χ1) is 8.09. The summed E-state index contributed by atoms with van der Waals surface area (Å²) in [7, 11) is 5.70. The van der Waals surface area contributed by atoms with Gasteiger partial charge in [-0.25, -0.2) is 4.79 Å². The van der Waals surface area contributed by atoms with E-state index in [1.165, 1.54) is 26.2 Å². The predicted octanol–water partition coefficient (Wildman–Crippen LogP) is 0.285. The minimum atomic E-state index is 0.00426. The first-order valence-corrected chi connectivity index (χ1v) is 6.45. The van der Waals surface area contributed by atoms with Crippen LogP contribution in [0.1, 0.15) is 12.8 Å². The van der Waals surface area contributed by atoms with E-state index in [-0.39, 0.29) is 6.03 Å². The third-order valence-corrected chi connectivity index (χ3v) is 3.18. The number of likely N-dealkylation sites (N-methyl/N-ethyl adjacent to an activating group) is 1. The second-order valence-electron chi connectivity index (χ2n) is 4.98. The second kappa shape index (κ2) is 7.50. The Kier molecular flexibility index (Phi) is 6.29. The maximum absolute atomic E-state index is 11.2. The highest BCUT2D eigenvalue weighted by atomic mass is 16.2. The first-order valence-electron chi connectivity index (χ1n) is 6.45. The Morgan fingerprint density at radius 3 is 2.41 bits per heavy atom. The van der Waals surface area contributed by atoms with Crippen molar-refractivity contribution >= 4 is 6.03 Å². The largest absolute Gasteiger partial charge is 0.338 e. The van der Waals surface area contributed by atoms with Crippen LogP contribution in [-0.2, 0) is 0 Å². The van der Waals surface area contributed by atoms with Gasteiger partial charge in [-0.1, -0.05) is 0 Å². The van der Waals surface area contributed by atoms with Crippen molar-refractivity contribution in [1.82, 2.24) is 20.0 Å². The van der Waals surface area contributed by atoms with Crippen molar-refractivity contribution in [2.24, 2.45) is 0 Å². The van der Waals surface area contributed by atoms with E-state index in [4.69, 9.17) is 0 Å². The van der Waals surface area contributed by atoms with Gasteiger partial charge in [-0.3, -0.25) is 0 Å². The van der Waals surface area contributed by atoms with Crippen molar-refractivity contribution in [2.45, 2.75) is 12.8 Å². The minimum absolute atomic E-state index is 0.00426. The lowest BCUT2D eigenvalue weighted by Gasteiger charge is -2.32. The zero-order valence-corrected chi connectivity index (χ0v) is 11.4. The quantitative estimate of drug-likeness (QED) is 0.704. The number of nitrogens with zero attached hydrogens (tertiary/aromatic N) is 3. The molecule has 1 aliphatic heterocycles. The molecular weight excluding hydrogens is 216 g/mol. The Bertz CT molecular complexity index is 225. The molecule has 1 rings (SSSR count). The monoisotopic (exact) mass is 242 g/mol. The maximum Gasteiger partial charge on any atom is 0.316 e. The van der Waals surface area contributed by atoms with Gasteiger partial charge in [-0.2, -0.15) is 0 Å². The van der Waals surface area contributed by atoms with Crippen LogP contribution < -0.4 is 5.32 Å². The van der Waals surface area contributed by atoms with Crippen LogP contribution in [0.3, 0.4) is 0 Å². The Morgan fingerprint density at radius 2 is 1.82 bits per heavy atom. The normalized spacial score (nSPS) is 18.1. The van der Waals surface area contributed by atoms with E-state index < -0.39 is 0 Å². The molecule has 0 atom stereocenters. The Labute approximate surface area is 105 Å². The number of carbonyl (C=O) groups excluding carboxylic acids is 1. The fraction of sp³-hybridized carbons (Fsp3) is 0.917. The van der Waals surface area contributed by atoms with Gasteiger partial charge in [-0.05, 0) is 26.4 Å². The molecule has 2 amide bonds. The molecule has 1 fully saturated rings. The molecule has 1 N–H and O–H groups in total. The van der Waals surface area contributed by atoms with Crippen LogP contribution in [0.25, 0.3) is 0 Å². The molecule has 0 aromatic heterocycles. The molecule has 0 aromatic rings. The molecule has 1 aliphatic rings. The Morgan fingerprint density at radius 1 is 1.18 bits per heavy atom. The van der Waals surface area contributed by atoms with Gasteiger partial charge >= 0.3 is 6.03 Å². The molecular formula is C12H26N4O. The van der Waals surface area contributed by atoms with E-state index in [2.05, 4.69) is 22.2 Å². The van der Waals surface area contributed by atoms with Gasteiger partial charge in [-0.15, -0.1) is 0 Å². The number of rotatable bonds is 5. The van der Waals surface area contributed by atoms with Crippen LogP contribution in [-0.4, -0.2) is 81.1 Å². The van der Waals surface area contributed by atoms with E-state index in [1.807, 2.05) is 0 Å². The summed E-state index contributed by atoms with van der Waals surface area (Å²) in [5.41, 5.74) is 0. The van der Waals surface area contributed by atoms with Crippen LogP contribution in [0, 0.1) is 0 Å². The molecule has 17 heavy (non-hydrogen) atoms. The predicted molar refractivity (Wildman–Crippen MR) is 70.3 cm³/mol. The van der Waals surface area contributed by atoms with Crippen LogP contribution in [0.15, 0.2) is 0 Å². The van der Waals surface area contributed by atoms with E-state index in [0.717, 1.165) is 25.9 Å². The van der Waals surface area contributed by atoms with E-state index in [0.29, 0.717) is 0 Å². The number of hydrogen-bond acceptors (Lipinski definition) is 3. The molecule has 5 nitrogen and oxygen atoms in total. The molecule has 0 unspecified atom stereocenters. The summed E-state index contributed by atoms with van der Waals surface area (Å²) in [6.07, 6.45) is 2.23.